The summed E-state index contributed by atoms with van der Waals surface area (Å²) in [6.07, 6.45) is 5.00. The first-order valence-electron chi connectivity index (χ1n) is 5.57. The first kappa shape index (κ1) is 11.3. The Balaban J connectivity index is 2.40. The maximum atomic E-state index is 7.44. The van der Waals surface area contributed by atoms with Gasteiger partial charge in [-0.05, 0) is 31.4 Å². The van der Waals surface area contributed by atoms with Crippen LogP contribution in [0.15, 0.2) is 12.1 Å². The van der Waals surface area contributed by atoms with Crippen molar-refractivity contribution in [1.29, 1.82) is 5.41 Å². The van der Waals surface area contributed by atoms with E-state index in [0.29, 0.717) is 10.7 Å². The maximum absolute atomic E-state index is 7.44. The summed E-state index contributed by atoms with van der Waals surface area (Å²) in [5.74, 6) is 0. The topological polar surface area (TPSA) is 53.1 Å². The van der Waals surface area contributed by atoms with Gasteiger partial charge in [0.1, 0.15) is 0 Å². The average Bonchev–Trinajstić information content (AvgIpc) is 2.29. The van der Waals surface area contributed by atoms with Crippen LogP contribution in [0.4, 0.5) is 11.4 Å². The molecule has 86 valence electrons. The Morgan fingerprint density at radius 1 is 1.25 bits per heavy atom. The van der Waals surface area contributed by atoms with Crippen molar-refractivity contribution in [2.24, 2.45) is 0 Å². The van der Waals surface area contributed by atoms with E-state index in [2.05, 4.69) is 4.90 Å². The number of nitrogen functional groups attached to an aromatic ring is 1. The summed E-state index contributed by atoms with van der Waals surface area (Å²) in [6.45, 7) is 2.06. The monoisotopic (exact) mass is 237 g/mol. The van der Waals surface area contributed by atoms with Crippen LogP contribution in [0.5, 0.6) is 0 Å². The highest BCUT2D eigenvalue weighted by atomic mass is 35.5. The fourth-order valence-corrected chi connectivity index (χ4v) is 2.40. The fraction of sp³-hybridized carbons (Fsp3) is 0.417. The molecule has 3 N–H and O–H groups in total. The van der Waals surface area contributed by atoms with Crippen LogP contribution < -0.4 is 10.6 Å². The van der Waals surface area contributed by atoms with Crippen LogP contribution in [0.3, 0.4) is 0 Å². The first-order valence-corrected chi connectivity index (χ1v) is 5.94. The Bertz CT molecular complexity index is 397. The molecule has 3 nitrogen and oxygen atoms in total. The Labute approximate surface area is 101 Å². The number of hydrogen-bond acceptors (Lipinski definition) is 3. The summed E-state index contributed by atoms with van der Waals surface area (Å²) in [5.41, 5.74) is 8.25. The van der Waals surface area contributed by atoms with Crippen LogP contribution in [-0.4, -0.2) is 19.3 Å². The molecule has 16 heavy (non-hydrogen) atoms. The van der Waals surface area contributed by atoms with Crippen molar-refractivity contribution in [2.45, 2.75) is 19.3 Å². The van der Waals surface area contributed by atoms with Gasteiger partial charge in [0.15, 0.2) is 0 Å². The summed E-state index contributed by atoms with van der Waals surface area (Å²) in [5, 5.41) is 8.08. The quantitative estimate of drug-likeness (QED) is 0.614. The highest BCUT2D eigenvalue weighted by Gasteiger charge is 2.15. The van der Waals surface area contributed by atoms with Crippen molar-refractivity contribution in [1.82, 2.24) is 0 Å². The molecule has 0 bridgehead atoms. The van der Waals surface area contributed by atoms with Gasteiger partial charge in [0.05, 0.1) is 0 Å². The number of nitrogens with zero attached hydrogens (tertiary/aromatic N) is 1. The van der Waals surface area contributed by atoms with Crippen LogP contribution in [0.25, 0.3) is 0 Å². The fourth-order valence-electron chi connectivity index (χ4n) is 2.18. The highest BCUT2D eigenvalue weighted by molar-refractivity contribution is 6.31. The van der Waals surface area contributed by atoms with Gasteiger partial charge in [0.25, 0.3) is 0 Å². The lowest BCUT2D eigenvalue weighted by molar-refractivity contribution is 0.578. The molecule has 4 heteroatoms. The number of benzene rings is 1. The van der Waals surface area contributed by atoms with Crippen molar-refractivity contribution in [3.63, 3.8) is 0 Å². The molecule has 1 aliphatic heterocycles. The average molecular weight is 238 g/mol. The van der Waals surface area contributed by atoms with Gasteiger partial charge in [0.2, 0.25) is 0 Å². The van der Waals surface area contributed by atoms with E-state index < -0.39 is 0 Å². The minimum atomic E-state index is 0.586. The molecule has 0 saturated carbocycles. The molecule has 0 spiro atoms. The lowest BCUT2D eigenvalue weighted by Crippen LogP contribution is -2.30. The number of anilines is 2. The van der Waals surface area contributed by atoms with Crippen LogP contribution >= 0.6 is 11.6 Å². The second-order valence-electron chi connectivity index (χ2n) is 4.12. The van der Waals surface area contributed by atoms with Crippen LogP contribution in [0.1, 0.15) is 24.8 Å². The predicted molar refractivity (Wildman–Crippen MR) is 69.8 cm³/mol. The predicted octanol–water partition coefficient (Wildman–Crippen LogP) is 2.91. The lowest BCUT2D eigenvalue weighted by atomic mass is 10.1. The molecule has 1 heterocycles. The Hall–Kier alpha value is -1.22. The van der Waals surface area contributed by atoms with Crippen LogP contribution in [-0.2, 0) is 0 Å². The minimum Gasteiger partial charge on any atom is -0.398 e. The Morgan fingerprint density at radius 2 is 1.94 bits per heavy atom. The lowest BCUT2D eigenvalue weighted by Gasteiger charge is -2.30. The zero-order valence-corrected chi connectivity index (χ0v) is 9.93. The molecule has 0 aromatic heterocycles. The van der Waals surface area contributed by atoms with Gasteiger partial charge in [-0.25, -0.2) is 0 Å². The van der Waals surface area contributed by atoms with Crippen molar-refractivity contribution >= 4 is 29.2 Å². The van der Waals surface area contributed by atoms with E-state index in [1.807, 2.05) is 6.07 Å². The normalized spacial score (nSPS) is 16.2. The second kappa shape index (κ2) is 4.74. The molecule has 0 unspecified atom stereocenters. The van der Waals surface area contributed by atoms with Crippen molar-refractivity contribution in [3.8, 4) is 0 Å². The molecule has 0 amide bonds. The van der Waals surface area contributed by atoms with E-state index >= 15 is 0 Å². The van der Waals surface area contributed by atoms with Crippen LogP contribution in [0.2, 0.25) is 5.02 Å². The van der Waals surface area contributed by atoms with Crippen LogP contribution in [0, 0.1) is 5.41 Å². The molecule has 2 rings (SSSR count). The summed E-state index contributed by atoms with van der Waals surface area (Å²) in [4.78, 5) is 2.27. The molecule has 0 aliphatic carbocycles. The Morgan fingerprint density at radius 3 is 2.56 bits per heavy atom. The number of halogens is 1. The number of piperidine rings is 1. The van der Waals surface area contributed by atoms with E-state index in [9.17, 15) is 0 Å². The number of rotatable bonds is 2. The molecular weight excluding hydrogens is 222 g/mol. The zero-order valence-electron chi connectivity index (χ0n) is 9.17. The smallest absolute Gasteiger partial charge is 0.0491 e. The van der Waals surface area contributed by atoms with Crippen molar-refractivity contribution < 1.29 is 0 Å². The molecule has 1 aliphatic rings. The summed E-state index contributed by atoms with van der Waals surface area (Å²) in [7, 11) is 0. The summed E-state index contributed by atoms with van der Waals surface area (Å²) >= 11 is 6.02. The van der Waals surface area contributed by atoms with Gasteiger partial charge < -0.3 is 16.0 Å². The van der Waals surface area contributed by atoms with Gasteiger partial charge in [-0.3, -0.25) is 0 Å². The van der Waals surface area contributed by atoms with E-state index in [1.54, 1.807) is 6.07 Å². The van der Waals surface area contributed by atoms with Gasteiger partial charge in [0, 0.05) is 41.3 Å². The zero-order chi connectivity index (χ0) is 11.5. The molecule has 1 aromatic carbocycles. The standard InChI is InChI=1S/C12H16ClN3/c13-9-6-11(15)10(8-14)12(7-9)16-4-2-1-3-5-16/h6-8,14H,1-5,15H2. The third-order valence-electron chi connectivity index (χ3n) is 3.00. The highest BCUT2D eigenvalue weighted by Crippen LogP contribution is 2.30. The summed E-state index contributed by atoms with van der Waals surface area (Å²) in [6, 6.07) is 3.61. The first-order chi connectivity index (χ1) is 7.72. The molecule has 0 atom stereocenters. The summed E-state index contributed by atoms with van der Waals surface area (Å²) < 4.78 is 0. The van der Waals surface area contributed by atoms with E-state index in [4.69, 9.17) is 22.7 Å². The third kappa shape index (κ3) is 2.14. The van der Waals surface area contributed by atoms with Gasteiger partial charge >= 0.3 is 0 Å². The van der Waals surface area contributed by atoms with E-state index in [-0.39, 0.29) is 0 Å². The maximum Gasteiger partial charge on any atom is 0.0491 e. The van der Waals surface area contributed by atoms with Gasteiger partial charge in [-0.1, -0.05) is 11.6 Å². The number of nitrogens with one attached hydrogen (secondary N) is 1. The third-order valence-corrected chi connectivity index (χ3v) is 3.21. The minimum absolute atomic E-state index is 0.586. The van der Waals surface area contributed by atoms with Gasteiger partial charge in [-0.15, -0.1) is 0 Å². The van der Waals surface area contributed by atoms with Crippen molar-refractivity contribution in [2.75, 3.05) is 23.7 Å². The van der Waals surface area contributed by atoms with Crippen molar-refractivity contribution in [3.05, 3.63) is 22.7 Å². The Kier molecular flexibility index (Phi) is 3.34. The molecule has 0 radical (unpaired) electrons. The number of hydrogen-bond donors (Lipinski definition) is 2. The number of nitrogens with two attached hydrogens (primary N) is 1. The van der Waals surface area contributed by atoms with E-state index in [1.165, 1.54) is 25.5 Å². The van der Waals surface area contributed by atoms with E-state index in [0.717, 1.165) is 24.3 Å². The molecular formula is C12H16ClN3. The SMILES string of the molecule is N=Cc1c(N)cc(Cl)cc1N1CCCCC1. The molecule has 1 fully saturated rings. The second-order valence-corrected chi connectivity index (χ2v) is 4.56. The van der Waals surface area contributed by atoms with Gasteiger partial charge in [-0.2, -0.15) is 0 Å². The molecule has 1 aromatic rings. The molecule has 1 saturated heterocycles. The largest absolute Gasteiger partial charge is 0.398 e.